The minimum Gasteiger partial charge on any atom is -0.461 e. The lowest BCUT2D eigenvalue weighted by Crippen LogP contribution is -2.26. The predicted octanol–water partition coefficient (Wildman–Crippen LogP) is 0.582. The molecule has 0 unspecified atom stereocenters. The van der Waals surface area contributed by atoms with Crippen LogP contribution >= 0.6 is 0 Å². The highest BCUT2D eigenvalue weighted by Crippen LogP contribution is 2.05. The number of allylic oxidation sites excluding steroid dienone is 1. The van der Waals surface area contributed by atoms with E-state index in [-0.39, 0.29) is 24.6 Å². The van der Waals surface area contributed by atoms with Gasteiger partial charge in [-0.3, -0.25) is 0 Å². The Hall–Kier alpha value is -1.67. The van der Waals surface area contributed by atoms with Gasteiger partial charge < -0.3 is 9.72 Å². The molecule has 2 N–H and O–H groups in total. The van der Waals surface area contributed by atoms with Crippen molar-refractivity contribution < 1.29 is 17.9 Å². The van der Waals surface area contributed by atoms with Gasteiger partial charge in [0.25, 0.3) is 0 Å². The van der Waals surface area contributed by atoms with Crippen LogP contribution in [0.5, 0.6) is 0 Å². The van der Waals surface area contributed by atoms with Crippen LogP contribution in [0.25, 0.3) is 0 Å². The number of hydrogen-bond donors (Lipinski definition) is 2. The Morgan fingerprint density at radius 1 is 1.63 bits per heavy atom. The molecule has 1 aromatic rings. The molecule has 0 aliphatic carbocycles. The number of hydrogen-bond acceptors (Lipinski definition) is 5. The molecular weight excluding hydrogens is 270 g/mol. The highest BCUT2D eigenvalue weighted by atomic mass is 32.2. The van der Waals surface area contributed by atoms with E-state index in [4.69, 9.17) is 4.74 Å². The number of esters is 1. The molecule has 1 rings (SSSR count). The van der Waals surface area contributed by atoms with Crippen molar-refractivity contribution in [2.75, 3.05) is 12.4 Å². The van der Waals surface area contributed by atoms with Crippen LogP contribution in [0.15, 0.2) is 19.0 Å². The standard InChI is InChI=1S/C11H17N3O4S/c1-3-5-6-19(16,17)14-7-9-10(13-8-12-9)11(15)18-4-2/h3,8,14H,1,4-7H2,2H3,(H,12,13). The van der Waals surface area contributed by atoms with Gasteiger partial charge in [-0.1, -0.05) is 6.08 Å². The third kappa shape index (κ3) is 4.84. The largest absolute Gasteiger partial charge is 0.461 e. The number of sulfonamides is 1. The number of ether oxygens (including phenoxy) is 1. The molecule has 0 aromatic carbocycles. The molecule has 0 amide bonds. The van der Waals surface area contributed by atoms with E-state index in [0.717, 1.165) is 0 Å². The molecule has 0 spiro atoms. The van der Waals surface area contributed by atoms with Crippen LogP contribution in [-0.4, -0.2) is 36.7 Å². The Morgan fingerprint density at radius 2 is 2.37 bits per heavy atom. The first-order valence-corrected chi connectivity index (χ1v) is 7.43. The van der Waals surface area contributed by atoms with E-state index in [1.165, 1.54) is 12.4 Å². The fraction of sp³-hybridized carbons (Fsp3) is 0.455. The number of aromatic nitrogens is 2. The summed E-state index contributed by atoms with van der Waals surface area (Å²) in [5, 5.41) is 0. The van der Waals surface area contributed by atoms with Crippen molar-refractivity contribution in [3.63, 3.8) is 0 Å². The Balaban J connectivity index is 2.66. The topological polar surface area (TPSA) is 101 Å². The van der Waals surface area contributed by atoms with Crippen molar-refractivity contribution in [2.45, 2.75) is 19.9 Å². The summed E-state index contributed by atoms with van der Waals surface area (Å²) in [7, 11) is -3.40. The molecule has 1 heterocycles. The molecular formula is C11H17N3O4S. The molecule has 0 radical (unpaired) electrons. The molecule has 19 heavy (non-hydrogen) atoms. The maximum Gasteiger partial charge on any atom is 0.358 e. The number of H-pyrrole nitrogens is 1. The lowest BCUT2D eigenvalue weighted by atomic mass is 10.3. The Morgan fingerprint density at radius 3 is 3.00 bits per heavy atom. The van der Waals surface area contributed by atoms with E-state index < -0.39 is 16.0 Å². The molecule has 0 aliphatic heterocycles. The van der Waals surface area contributed by atoms with E-state index >= 15 is 0 Å². The molecule has 0 bridgehead atoms. The van der Waals surface area contributed by atoms with Crippen molar-refractivity contribution in [3.8, 4) is 0 Å². The van der Waals surface area contributed by atoms with Crippen molar-refractivity contribution in [3.05, 3.63) is 30.4 Å². The highest BCUT2D eigenvalue weighted by Gasteiger charge is 2.17. The lowest BCUT2D eigenvalue weighted by molar-refractivity contribution is 0.0518. The second-order valence-corrected chi connectivity index (χ2v) is 5.59. The lowest BCUT2D eigenvalue weighted by Gasteiger charge is -2.05. The molecule has 8 heteroatoms. The number of rotatable bonds is 8. The molecule has 0 saturated heterocycles. The summed E-state index contributed by atoms with van der Waals surface area (Å²) in [4.78, 5) is 18.1. The maximum atomic E-state index is 11.6. The van der Waals surface area contributed by atoms with Crippen LogP contribution in [0, 0.1) is 0 Å². The van der Waals surface area contributed by atoms with Crippen molar-refractivity contribution in [2.24, 2.45) is 0 Å². The van der Waals surface area contributed by atoms with E-state index in [0.29, 0.717) is 12.1 Å². The monoisotopic (exact) mass is 287 g/mol. The number of nitrogens with one attached hydrogen (secondary N) is 2. The normalized spacial score (nSPS) is 11.2. The van der Waals surface area contributed by atoms with Gasteiger partial charge in [-0.05, 0) is 13.3 Å². The van der Waals surface area contributed by atoms with Gasteiger partial charge in [-0.15, -0.1) is 6.58 Å². The number of imidazole rings is 1. The predicted molar refractivity (Wildman–Crippen MR) is 70.0 cm³/mol. The van der Waals surface area contributed by atoms with Crippen LogP contribution in [0.2, 0.25) is 0 Å². The van der Waals surface area contributed by atoms with Gasteiger partial charge in [-0.2, -0.15) is 0 Å². The summed E-state index contributed by atoms with van der Waals surface area (Å²) >= 11 is 0. The van der Waals surface area contributed by atoms with Crippen LogP contribution in [-0.2, 0) is 21.3 Å². The molecule has 106 valence electrons. The Kier molecular flexibility index (Phi) is 5.71. The zero-order chi connectivity index (χ0) is 14.3. The van der Waals surface area contributed by atoms with Gasteiger partial charge in [0.15, 0.2) is 5.69 Å². The van der Waals surface area contributed by atoms with Gasteiger partial charge in [0, 0.05) is 0 Å². The Labute approximate surface area is 112 Å². The van der Waals surface area contributed by atoms with Gasteiger partial charge in [-0.25, -0.2) is 22.9 Å². The van der Waals surface area contributed by atoms with Gasteiger partial charge in [0.1, 0.15) is 0 Å². The van der Waals surface area contributed by atoms with Crippen LogP contribution in [0.1, 0.15) is 29.5 Å². The van der Waals surface area contributed by atoms with Gasteiger partial charge in [0.05, 0.1) is 30.9 Å². The summed E-state index contributed by atoms with van der Waals surface area (Å²) in [6.45, 7) is 5.34. The Bertz CT molecular complexity index is 536. The number of nitrogens with zero attached hydrogens (tertiary/aromatic N) is 1. The van der Waals surface area contributed by atoms with Gasteiger partial charge in [0.2, 0.25) is 10.0 Å². The first-order chi connectivity index (χ1) is 9.00. The van der Waals surface area contributed by atoms with Crippen molar-refractivity contribution >= 4 is 16.0 Å². The minimum absolute atomic E-state index is 0.0341. The molecule has 7 nitrogen and oxygen atoms in total. The van der Waals surface area contributed by atoms with E-state index in [9.17, 15) is 13.2 Å². The highest BCUT2D eigenvalue weighted by molar-refractivity contribution is 7.89. The average molecular weight is 287 g/mol. The fourth-order valence-corrected chi connectivity index (χ4v) is 2.31. The first-order valence-electron chi connectivity index (χ1n) is 5.77. The maximum absolute atomic E-state index is 11.6. The number of carbonyl (C=O) groups is 1. The van der Waals surface area contributed by atoms with Crippen LogP contribution < -0.4 is 4.72 Å². The summed E-state index contributed by atoms with van der Waals surface area (Å²) in [6, 6.07) is 0. The zero-order valence-electron chi connectivity index (χ0n) is 10.7. The molecule has 0 atom stereocenters. The molecule has 0 saturated carbocycles. The average Bonchev–Trinajstić information content (AvgIpc) is 2.83. The minimum atomic E-state index is -3.40. The number of aromatic amines is 1. The summed E-state index contributed by atoms with van der Waals surface area (Å²) < 4.78 is 30.4. The van der Waals surface area contributed by atoms with Gasteiger partial charge >= 0.3 is 5.97 Å². The van der Waals surface area contributed by atoms with E-state index in [1.54, 1.807) is 6.92 Å². The molecule has 0 fully saturated rings. The SMILES string of the molecule is C=CCCS(=O)(=O)NCc1[nH]cnc1C(=O)OCC. The third-order valence-electron chi connectivity index (χ3n) is 2.25. The fourth-order valence-electron chi connectivity index (χ4n) is 1.32. The first kappa shape index (κ1) is 15.4. The van der Waals surface area contributed by atoms with E-state index in [2.05, 4.69) is 21.3 Å². The summed E-state index contributed by atoms with van der Waals surface area (Å²) in [6.07, 6.45) is 3.21. The second kappa shape index (κ2) is 7.05. The zero-order valence-corrected chi connectivity index (χ0v) is 11.5. The molecule has 0 aliphatic rings. The third-order valence-corrected chi connectivity index (χ3v) is 3.60. The molecule has 1 aromatic heterocycles. The van der Waals surface area contributed by atoms with E-state index in [1.807, 2.05) is 0 Å². The van der Waals surface area contributed by atoms with Crippen molar-refractivity contribution in [1.82, 2.24) is 14.7 Å². The van der Waals surface area contributed by atoms with Crippen LogP contribution in [0.4, 0.5) is 0 Å². The number of carbonyl (C=O) groups excluding carboxylic acids is 1. The smallest absolute Gasteiger partial charge is 0.358 e. The quantitative estimate of drug-likeness (QED) is 0.538. The second-order valence-electron chi connectivity index (χ2n) is 3.67. The summed E-state index contributed by atoms with van der Waals surface area (Å²) in [5.41, 5.74) is 0.467. The van der Waals surface area contributed by atoms with Crippen molar-refractivity contribution in [1.29, 1.82) is 0 Å². The van der Waals surface area contributed by atoms with Crippen LogP contribution in [0.3, 0.4) is 0 Å². The summed E-state index contributed by atoms with van der Waals surface area (Å²) in [5.74, 6) is -0.622.